The fraction of sp³-hybridized carbons (Fsp3) is 0.455. The van der Waals surface area contributed by atoms with Crippen molar-refractivity contribution in [2.75, 3.05) is 0 Å². The molecule has 0 amide bonds. The number of halogens is 4. The first-order valence-electron chi connectivity index (χ1n) is 4.66. The minimum absolute atomic E-state index is 0.153. The number of hydrogen-bond acceptors (Lipinski definition) is 0. The van der Waals surface area contributed by atoms with Crippen LogP contribution in [0.15, 0.2) is 18.2 Å². The van der Waals surface area contributed by atoms with Crippen molar-refractivity contribution in [3.8, 4) is 0 Å². The fourth-order valence-corrected chi connectivity index (χ4v) is 2.13. The summed E-state index contributed by atoms with van der Waals surface area (Å²) in [5, 5.41) is 0.785. The molecule has 0 saturated carbocycles. The highest BCUT2D eigenvalue weighted by molar-refractivity contribution is 6.34. The molecule has 0 aliphatic carbocycles. The third-order valence-electron chi connectivity index (χ3n) is 2.26. The van der Waals surface area contributed by atoms with Gasteiger partial charge in [0.1, 0.15) is 0 Å². The van der Waals surface area contributed by atoms with E-state index in [-0.39, 0.29) is 5.92 Å². The Balaban J connectivity index is 3.11. The number of benzene rings is 1. The second-order valence-corrected chi connectivity index (χ2v) is 4.68. The van der Waals surface area contributed by atoms with Gasteiger partial charge in [-0.3, -0.25) is 0 Å². The molecular weight excluding hydrogens is 241 g/mol. The molecule has 0 saturated heterocycles. The van der Waals surface area contributed by atoms with Gasteiger partial charge in [0, 0.05) is 16.0 Å². The van der Waals surface area contributed by atoms with Crippen LogP contribution in [-0.2, 0) is 0 Å². The van der Waals surface area contributed by atoms with Crippen LogP contribution >= 0.6 is 23.2 Å². The van der Waals surface area contributed by atoms with Gasteiger partial charge in [0.15, 0.2) is 0 Å². The quantitative estimate of drug-likeness (QED) is 0.711. The smallest absolute Gasteiger partial charge is 0.210 e. The Morgan fingerprint density at radius 3 is 1.80 bits per heavy atom. The number of alkyl halides is 2. The molecule has 1 aromatic carbocycles. The Morgan fingerprint density at radius 2 is 1.47 bits per heavy atom. The van der Waals surface area contributed by atoms with Crippen molar-refractivity contribution in [2.45, 2.75) is 26.2 Å². The minimum Gasteiger partial charge on any atom is -0.210 e. The molecule has 84 valence electrons. The Bertz CT molecular complexity index is 309. The van der Waals surface area contributed by atoms with Crippen LogP contribution in [0.5, 0.6) is 0 Å². The van der Waals surface area contributed by atoms with Gasteiger partial charge in [-0.05, 0) is 29.7 Å². The molecule has 0 N–H and O–H groups in total. The van der Waals surface area contributed by atoms with Crippen LogP contribution in [0.3, 0.4) is 0 Å². The summed E-state index contributed by atoms with van der Waals surface area (Å²) in [5.74, 6) is -0.972. The van der Waals surface area contributed by atoms with Gasteiger partial charge in [0.05, 0.1) is 0 Å². The van der Waals surface area contributed by atoms with Crippen molar-refractivity contribution in [3.63, 3.8) is 0 Å². The lowest BCUT2D eigenvalue weighted by Gasteiger charge is -2.20. The van der Waals surface area contributed by atoms with Gasteiger partial charge in [0.2, 0.25) is 6.43 Å². The van der Waals surface area contributed by atoms with Crippen molar-refractivity contribution < 1.29 is 8.78 Å². The standard InChI is InChI=1S/C11H12Cl2F2/c1-6(2)10(11(14)15)7-3-8(12)5-9(13)4-7/h3-6,10-11H,1-2H3/t10-/m0/s1. The van der Waals surface area contributed by atoms with Gasteiger partial charge in [-0.25, -0.2) is 8.78 Å². The van der Waals surface area contributed by atoms with Crippen molar-refractivity contribution in [1.29, 1.82) is 0 Å². The minimum atomic E-state index is -2.40. The lowest BCUT2D eigenvalue weighted by Crippen LogP contribution is -2.15. The van der Waals surface area contributed by atoms with E-state index >= 15 is 0 Å². The summed E-state index contributed by atoms with van der Waals surface area (Å²) in [6.45, 7) is 3.51. The molecule has 0 aromatic heterocycles. The lowest BCUT2D eigenvalue weighted by molar-refractivity contribution is 0.0934. The van der Waals surface area contributed by atoms with E-state index in [4.69, 9.17) is 23.2 Å². The first-order chi connectivity index (χ1) is 6.91. The second-order valence-electron chi connectivity index (χ2n) is 3.81. The van der Waals surface area contributed by atoms with Gasteiger partial charge in [0.25, 0.3) is 0 Å². The largest absolute Gasteiger partial charge is 0.245 e. The van der Waals surface area contributed by atoms with Crippen molar-refractivity contribution in [1.82, 2.24) is 0 Å². The average Bonchev–Trinajstić information content (AvgIpc) is 1.99. The van der Waals surface area contributed by atoms with Gasteiger partial charge >= 0.3 is 0 Å². The predicted molar refractivity (Wildman–Crippen MR) is 60.0 cm³/mol. The first kappa shape index (κ1) is 12.7. The summed E-state index contributed by atoms with van der Waals surface area (Å²) in [6, 6.07) is 4.63. The average molecular weight is 253 g/mol. The maximum Gasteiger partial charge on any atom is 0.245 e. The van der Waals surface area contributed by atoms with E-state index in [0.717, 1.165) is 0 Å². The molecule has 1 atom stereocenters. The summed E-state index contributed by atoms with van der Waals surface area (Å²) in [5.41, 5.74) is 0.498. The zero-order chi connectivity index (χ0) is 11.6. The third-order valence-corrected chi connectivity index (χ3v) is 2.70. The van der Waals surface area contributed by atoms with E-state index in [2.05, 4.69) is 0 Å². The van der Waals surface area contributed by atoms with Crippen LogP contribution in [0, 0.1) is 5.92 Å². The Hall–Kier alpha value is -0.340. The maximum absolute atomic E-state index is 12.8. The van der Waals surface area contributed by atoms with E-state index in [1.165, 1.54) is 6.07 Å². The molecule has 0 bridgehead atoms. The van der Waals surface area contributed by atoms with E-state index in [0.29, 0.717) is 15.6 Å². The summed E-state index contributed by atoms with van der Waals surface area (Å²) < 4.78 is 25.6. The molecule has 0 unspecified atom stereocenters. The molecule has 0 aliphatic rings. The van der Waals surface area contributed by atoms with Crippen molar-refractivity contribution in [3.05, 3.63) is 33.8 Å². The fourth-order valence-electron chi connectivity index (χ4n) is 1.59. The number of rotatable bonds is 3. The molecule has 0 radical (unpaired) electrons. The van der Waals surface area contributed by atoms with Crippen LogP contribution in [0.25, 0.3) is 0 Å². The van der Waals surface area contributed by atoms with Crippen LogP contribution in [0.1, 0.15) is 25.3 Å². The maximum atomic E-state index is 12.8. The number of hydrogen-bond donors (Lipinski definition) is 0. The van der Waals surface area contributed by atoms with Crippen LogP contribution in [0.2, 0.25) is 10.0 Å². The third kappa shape index (κ3) is 3.32. The van der Waals surface area contributed by atoms with Crippen molar-refractivity contribution in [2.24, 2.45) is 5.92 Å². The SMILES string of the molecule is CC(C)[C@@H](c1cc(Cl)cc(Cl)c1)C(F)F. The zero-order valence-electron chi connectivity index (χ0n) is 8.48. The molecule has 0 spiro atoms. The molecule has 1 rings (SSSR count). The summed E-state index contributed by atoms with van der Waals surface area (Å²) in [7, 11) is 0. The molecule has 0 heterocycles. The monoisotopic (exact) mass is 252 g/mol. The Morgan fingerprint density at radius 1 is 1.00 bits per heavy atom. The first-order valence-corrected chi connectivity index (χ1v) is 5.41. The Kier molecular flexibility index (Phi) is 4.35. The van der Waals surface area contributed by atoms with E-state index < -0.39 is 12.3 Å². The predicted octanol–water partition coefficient (Wildman–Crippen LogP) is 5.00. The normalized spacial score (nSPS) is 13.6. The van der Waals surface area contributed by atoms with Crippen LogP contribution < -0.4 is 0 Å². The van der Waals surface area contributed by atoms with Gasteiger partial charge in [-0.15, -0.1) is 0 Å². The van der Waals surface area contributed by atoms with Gasteiger partial charge in [-0.2, -0.15) is 0 Å². The van der Waals surface area contributed by atoms with E-state index in [1.54, 1.807) is 26.0 Å². The lowest BCUT2D eigenvalue weighted by atomic mass is 9.89. The highest BCUT2D eigenvalue weighted by Gasteiger charge is 2.26. The Labute approximate surface area is 98.2 Å². The molecule has 0 aliphatic heterocycles. The molecular formula is C11H12Cl2F2. The molecule has 15 heavy (non-hydrogen) atoms. The summed E-state index contributed by atoms with van der Waals surface area (Å²) in [6.07, 6.45) is -2.40. The van der Waals surface area contributed by atoms with E-state index in [1.807, 2.05) is 0 Å². The molecule has 4 heteroatoms. The van der Waals surface area contributed by atoms with Crippen molar-refractivity contribution >= 4 is 23.2 Å². The summed E-state index contributed by atoms with van der Waals surface area (Å²) >= 11 is 11.5. The highest BCUT2D eigenvalue weighted by atomic mass is 35.5. The van der Waals surface area contributed by atoms with Gasteiger partial charge < -0.3 is 0 Å². The van der Waals surface area contributed by atoms with Crippen LogP contribution in [-0.4, -0.2) is 6.43 Å². The molecule has 1 aromatic rings. The zero-order valence-corrected chi connectivity index (χ0v) is 9.99. The second kappa shape index (κ2) is 5.13. The molecule has 0 fully saturated rings. The topological polar surface area (TPSA) is 0 Å². The summed E-state index contributed by atoms with van der Waals surface area (Å²) in [4.78, 5) is 0. The highest BCUT2D eigenvalue weighted by Crippen LogP contribution is 2.33. The van der Waals surface area contributed by atoms with Crippen LogP contribution in [0.4, 0.5) is 8.78 Å². The van der Waals surface area contributed by atoms with E-state index in [9.17, 15) is 8.78 Å². The van der Waals surface area contributed by atoms with Gasteiger partial charge in [-0.1, -0.05) is 37.0 Å². The molecule has 0 nitrogen and oxygen atoms in total.